The second kappa shape index (κ2) is 4.40. The van der Waals surface area contributed by atoms with E-state index < -0.39 is 39.7 Å². The fraction of sp³-hybridized carbons (Fsp3) is 0.222. The first-order chi connectivity index (χ1) is 7.77. The van der Waals surface area contributed by atoms with Gasteiger partial charge in [0.2, 0.25) is 17.5 Å². The van der Waals surface area contributed by atoms with Gasteiger partial charge in [-0.3, -0.25) is 14.9 Å². The molecule has 0 saturated carbocycles. The van der Waals surface area contributed by atoms with E-state index in [4.69, 9.17) is 0 Å². The average molecular weight is 248 g/mol. The summed E-state index contributed by atoms with van der Waals surface area (Å²) in [6.07, 6.45) is 0. The molecule has 0 unspecified atom stereocenters. The highest BCUT2D eigenvalue weighted by Crippen LogP contribution is 2.33. The molecule has 1 aromatic rings. The first-order valence-corrected chi connectivity index (χ1v) is 4.33. The van der Waals surface area contributed by atoms with Crippen LogP contribution in [0.2, 0.25) is 0 Å². The number of halogens is 3. The smallest absolute Gasteiger partial charge is 0.310 e. The maximum atomic E-state index is 13.2. The largest absolute Gasteiger partial charge is 0.331 e. The number of carbonyl (C=O) groups is 1. The van der Waals surface area contributed by atoms with E-state index in [1.807, 2.05) is 0 Å². The Kier molecular flexibility index (Phi) is 3.35. The fourth-order valence-corrected chi connectivity index (χ4v) is 1.17. The summed E-state index contributed by atoms with van der Waals surface area (Å²) in [7, 11) is 1.08. The van der Waals surface area contributed by atoms with E-state index in [1.165, 1.54) is 0 Å². The minimum atomic E-state index is -1.95. The number of nitrogens with zero attached hydrogens (tertiary/aromatic N) is 2. The highest BCUT2D eigenvalue weighted by atomic mass is 19.2. The highest BCUT2D eigenvalue weighted by molar-refractivity contribution is 5.93. The zero-order valence-corrected chi connectivity index (χ0v) is 8.83. The van der Waals surface area contributed by atoms with Crippen LogP contribution in [0.5, 0.6) is 0 Å². The number of nitro benzene ring substituents is 1. The Balaban J connectivity index is 3.59. The van der Waals surface area contributed by atoms with Crippen LogP contribution in [0.4, 0.5) is 24.5 Å². The van der Waals surface area contributed by atoms with Gasteiger partial charge < -0.3 is 4.90 Å². The predicted molar refractivity (Wildman–Crippen MR) is 52.1 cm³/mol. The summed E-state index contributed by atoms with van der Waals surface area (Å²) in [4.78, 5) is 21.0. The lowest BCUT2D eigenvalue weighted by molar-refractivity contribution is -0.387. The molecule has 0 aliphatic rings. The van der Waals surface area contributed by atoms with Crippen LogP contribution in [0.25, 0.3) is 0 Å². The van der Waals surface area contributed by atoms with Crippen LogP contribution in [0.15, 0.2) is 6.07 Å². The van der Waals surface area contributed by atoms with Crippen molar-refractivity contribution in [2.24, 2.45) is 0 Å². The van der Waals surface area contributed by atoms with E-state index in [0.717, 1.165) is 14.0 Å². The number of rotatable bonds is 2. The third-order valence-electron chi connectivity index (χ3n) is 2.13. The Morgan fingerprint density at radius 3 is 2.29 bits per heavy atom. The summed E-state index contributed by atoms with van der Waals surface area (Å²) in [5, 5.41) is 10.6. The molecule has 0 aromatic heterocycles. The second-order valence-electron chi connectivity index (χ2n) is 3.19. The first-order valence-electron chi connectivity index (χ1n) is 4.33. The van der Waals surface area contributed by atoms with E-state index in [2.05, 4.69) is 0 Å². The van der Waals surface area contributed by atoms with E-state index in [9.17, 15) is 28.1 Å². The van der Waals surface area contributed by atoms with Gasteiger partial charge in [0.25, 0.3) is 0 Å². The van der Waals surface area contributed by atoms with Gasteiger partial charge >= 0.3 is 5.69 Å². The number of anilines is 1. The van der Waals surface area contributed by atoms with Crippen molar-refractivity contribution in [1.82, 2.24) is 0 Å². The monoisotopic (exact) mass is 248 g/mol. The molecule has 1 rings (SSSR count). The third-order valence-corrected chi connectivity index (χ3v) is 2.13. The Morgan fingerprint density at radius 1 is 1.35 bits per heavy atom. The molecule has 0 radical (unpaired) electrons. The lowest BCUT2D eigenvalue weighted by atomic mass is 10.2. The molecule has 0 fully saturated rings. The van der Waals surface area contributed by atoms with E-state index in [1.54, 1.807) is 0 Å². The molecule has 0 heterocycles. The van der Waals surface area contributed by atoms with E-state index >= 15 is 0 Å². The maximum absolute atomic E-state index is 13.2. The zero-order chi connectivity index (χ0) is 13.3. The van der Waals surface area contributed by atoms with Gasteiger partial charge in [-0.25, -0.2) is 8.78 Å². The summed E-state index contributed by atoms with van der Waals surface area (Å²) in [5.41, 5.74) is -1.92. The lowest BCUT2D eigenvalue weighted by Crippen LogP contribution is -2.24. The molecule has 92 valence electrons. The Morgan fingerprint density at radius 2 is 1.88 bits per heavy atom. The molecule has 0 saturated heterocycles. The topological polar surface area (TPSA) is 63.5 Å². The summed E-state index contributed by atoms with van der Waals surface area (Å²) in [5.74, 6) is -6.16. The van der Waals surface area contributed by atoms with Crippen molar-refractivity contribution >= 4 is 17.3 Å². The minimum absolute atomic E-state index is 0.401. The number of hydrogen-bond acceptors (Lipinski definition) is 3. The Hall–Kier alpha value is -2.12. The summed E-state index contributed by atoms with van der Waals surface area (Å²) in [6.45, 7) is 1.04. The second-order valence-corrected chi connectivity index (χ2v) is 3.19. The van der Waals surface area contributed by atoms with Crippen LogP contribution >= 0.6 is 0 Å². The summed E-state index contributed by atoms with van der Waals surface area (Å²) >= 11 is 0. The van der Waals surface area contributed by atoms with Crippen molar-refractivity contribution in [3.63, 3.8) is 0 Å². The number of carbonyl (C=O) groups excluding carboxylic acids is 1. The molecule has 5 nitrogen and oxygen atoms in total. The third kappa shape index (κ3) is 2.19. The van der Waals surface area contributed by atoms with Crippen LogP contribution in [-0.2, 0) is 4.79 Å². The van der Waals surface area contributed by atoms with Crippen LogP contribution in [0.1, 0.15) is 6.92 Å². The standard InChI is InChI=1S/C9H7F3N2O3/c1-4(15)13(2)6-3-5(10)7(11)8(12)9(6)14(16)17/h3H,1-2H3. The van der Waals surface area contributed by atoms with Crippen LogP contribution in [0.3, 0.4) is 0 Å². The summed E-state index contributed by atoms with van der Waals surface area (Å²) in [6, 6.07) is 0.401. The van der Waals surface area contributed by atoms with Crippen molar-refractivity contribution < 1.29 is 22.9 Å². The van der Waals surface area contributed by atoms with Gasteiger partial charge in [0.05, 0.1) is 4.92 Å². The van der Waals surface area contributed by atoms with Gasteiger partial charge in [0.15, 0.2) is 5.82 Å². The normalized spacial score (nSPS) is 10.2. The molecule has 0 aliphatic heterocycles. The summed E-state index contributed by atoms with van der Waals surface area (Å²) < 4.78 is 39.0. The molecule has 0 N–H and O–H groups in total. The molecular formula is C9H7F3N2O3. The Bertz CT molecular complexity index is 505. The van der Waals surface area contributed by atoms with Gasteiger partial charge in [-0.2, -0.15) is 4.39 Å². The number of amides is 1. The van der Waals surface area contributed by atoms with E-state index in [0.29, 0.717) is 11.0 Å². The molecule has 1 aromatic carbocycles. The van der Waals surface area contributed by atoms with Crippen molar-refractivity contribution in [1.29, 1.82) is 0 Å². The molecule has 17 heavy (non-hydrogen) atoms. The van der Waals surface area contributed by atoms with Gasteiger partial charge in [-0.1, -0.05) is 0 Å². The molecule has 0 atom stereocenters. The molecule has 0 aliphatic carbocycles. The maximum Gasteiger partial charge on any atom is 0.331 e. The van der Waals surface area contributed by atoms with Crippen molar-refractivity contribution in [2.45, 2.75) is 6.92 Å². The first kappa shape index (κ1) is 12.9. The SMILES string of the molecule is CC(=O)N(C)c1cc(F)c(F)c(F)c1[N+](=O)[O-]. The van der Waals surface area contributed by atoms with Crippen LogP contribution in [0, 0.1) is 27.6 Å². The molecule has 0 spiro atoms. The average Bonchev–Trinajstić information content (AvgIpc) is 2.23. The van der Waals surface area contributed by atoms with Crippen LogP contribution < -0.4 is 4.90 Å². The lowest BCUT2D eigenvalue weighted by Gasteiger charge is -2.15. The number of nitro groups is 1. The van der Waals surface area contributed by atoms with Gasteiger partial charge in [0, 0.05) is 20.0 Å². The van der Waals surface area contributed by atoms with Crippen LogP contribution in [-0.4, -0.2) is 17.9 Å². The zero-order valence-electron chi connectivity index (χ0n) is 8.83. The van der Waals surface area contributed by atoms with E-state index in [-0.39, 0.29) is 0 Å². The predicted octanol–water partition coefficient (Wildman–Crippen LogP) is 1.99. The van der Waals surface area contributed by atoms with Gasteiger partial charge in [0.1, 0.15) is 5.69 Å². The number of hydrogen-bond donors (Lipinski definition) is 0. The Labute approximate surface area is 93.6 Å². The molecule has 1 amide bonds. The van der Waals surface area contributed by atoms with Crippen molar-refractivity contribution in [2.75, 3.05) is 11.9 Å². The molecule has 8 heteroatoms. The van der Waals surface area contributed by atoms with Crippen molar-refractivity contribution in [3.05, 3.63) is 33.6 Å². The molecule has 0 bridgehead atoms. The van der Waals surface area contributed by atoms with Crippen molar-refractivity contribution in [3.8, 4) is 0 Å². The number of benzene rings is 1. The highest BCUT2D eigenvalue weighted by Gasteiger charge is 2.30. The molecular weight excluding hydrogens is 241 g/mol. The fourth-order valence-electron chi connectivity index (χ4n) is 1.17. The van der Waals surface area contributed by atoms with Gasteiger partial charge in [-0.15, -0.1) is 0 Å². The van der Waals surface area contributed by atoms with Gasteiger partial charge in [-0.05, 0) is 0 Å². The minimum Gasteiger partial charge on any atom is -0.310 e. The quantitative estimate of drug-likeness (QED) is 0.456.